The lowest BCUT2D eigenvalue weighted by atomic mass is 9.77. The summed E-state index contributed by atoms with van der Waals surface area (Å²) in [6.07, 6.45) is 6.46. The number of halogens is 2. The van der Waals surface area contributed by atoms with Crippen molar-refractivity contribution in [3.05, 3.63) is 83.2 Å². The number of hydrogen-bond donors (Lipinski definition) is 1. The third kappa shape index (κ3) is 5.01. The van der Waals surface area contributed by atoms with Crippen molar-refractivity contribution in [3.8, 4) is 11.3 Å². The normalized spacial score (nSPS) is 17.7. The summed E-state index contributed by atoms with van der Waals surface area (Å²) in [6, 6.07) is 9.10. The molecule has 38 heavy (non-hydrogen) atoms. The lowest BCUT2D eigenvalue weighted by Gasteiger charge is -2.34. The van der Waals surface area contributed by atoms with Gasteiger partial charge in [-0.25, -0.2) is 13.8 Å². The fraction of sp³-hybridized carbons (Fsp3) is 0.310. The minimum absolute atomic E-state index is 0.0164. The number of aryl methyl sites for hydroxylation is 1. The predicted molar refractivity (Wildman–Crippen MR) is 139 cm³/mol. The second-order valence-electron chi connectivity index (χ2n) is 10.0. The van der Waals surface area contributed by atoms with Crippen LogP contribution in [0.2, 0.25) is 0 Å². The maximum Gasteiger partial charge on any atom is 0.251 e. The first-order valence-electron chi connectivity index (χ1n) is 12.6. The molecule has 0 aliphatic heterocycles. The molecule has 1 amide bonds. The van der Waals surface area contributed by atoms with Crippen molar-refractivity contribution in [3.63, 3.8) is 0 Å². The Labute approximate surface area is 218 Å². The molecule has 3 aromatic heterocycles. The number of rotatable bonds is 7. The summed E-state index contributed by atoms with van der Waals surface area (Å²) in [5, 5.41) is 10.8. The Hall–Kier alpha value is -4.14. The van der Waals surface area contributed by atoms with Crippen LogP contribution in [0.4, 0.5) is 8.78 Å². The van der Waals surface area contributed by atoms with E-state index in [0.29, 0.717) is 41.5 Å². The summed E-state index contributed by atoms with van der Waals surface area (Å²) in [6.45, 7) is 3.72. The van der Waals surface area contributed by atoms with E-state index in [4.69, 9.17) is 0 Å². The molecule has 0 saturated carbocycles. The number of carbonyl (C=O) groups excluding carboxylic acids is 2. The average molecular weight is 516 g/mol. The van der Waals surface area contributed by atoms with Crippen molar-refractivity contribution in [2.45, 2.75) is 51.2 Å². The Morgan fingerprint density at radius 2 is 2.00 bits per heavy atom. The van der Waals surface area contributed by atoms with Crippen LogP contribution < -0.4 is 5.32 Å². The molecule has 1 N–H and O–H groups in total. The number of amides is 1. The van der Waals surface area contributed by atoms with Crippen LogP contribution >= 0.6 is 0 Å². The third-order valence-electron chi connectivity index (χ3n) is 7.30. The molecule has 9 heteroatoms. The molecule has 1 aliphatic rings. The molecule has 0 unspecified atom stereocenters. The predicted octanol–water partition coefficient (Wildman–Crippen LogP) is 5.14. The lowest BCUT2D eigenvalue weighted by Crippen LogP contribution is -2.36. The summed E-state index contributed by atoms with van der Waals surface area (Å²) in [5.41, 5.74) is 2.43. The van der Waals surface area contributed by atoms with Crippen LogP contribution in [-0.2, 0) is 17.6 Å². The molecule has 1 aromatic carbocycles. The van der Waals surface area contributed by atoms with E-state index < -0.39 is 23.4 Å². The third-order valence-corrected chi connectivity index (χ3v) is 7.30. The second-order valence-corrected chi connectivity index (χ2v) is 10.0. The van der Waals surface area contributed by atoms with Crippen LogP contribution in [0, 0.1) is 11.7 Å². The Balaban J connectivity index is 1.41. The molecule has 5 rings (SSSR count). The van der Waals surface area contributed by atoms with Crippen LogP contribution in [0.5, 0.6) is 0 Å². The number of nitrogens with one attached hydrogen (secondary N) is 1. The molecule has 7 nitrogen and oxygen atoms in total. The molecule has 1 aliphatic carbocycles. The van der Waals surface area contributed by atoms with Gasteiger partial charge in [-0.05, 0) is 60.2 Å². The van der Waals surface area contributed by atoms with Crippen LogP contribution in [0.15, 0.2) is 55.0 Å². The Morgan fingerprint density at radius 1 is 1.16 bits per heavy atom. The van der Waals surface area contributed by atoms with E-state index in [1.165, 1.54) is 0 Å². The van der Waals surface area contributed by atoms with E-state index in [9.17, 15) is 9.59 Å². The van der Waals surface area contributed by atoms with Gasteiger partial charge in [0.05, 0.1) is 24.1 Å². The molecular formula is C29H27F2N5O2. The lowest BCUT2D eigenvalue weighted by molar-refractivity contribution is -0.108. The maximum atomic E-state index is 15.4. The van der Waals surface area contributed by atoms with Gasteiger partial charge < -0.3 is 10.1 Å². The fourth-order valence-electron chi connectivity index (χ4n) is 4.89. The van der Waals surface area contributed by atoms with Gasteiger partial charge in [-0.15, -0.1) is 0 Å². The number of aromatic nitrogens is 4. The molecule has 0 bridgehead atoms. The monoisotopic (exact) mass is 515 g/mol. The minimum Gasteiger partial charge on any atom is -0.345 e. The molecule has 194 valence electrons. The summed E-state index contributed by atoms with van der Waals surface area (Å²) in [7, 11) is 0. The summed E-state index contributed by atoms with van der Waals surface area (Å²) in [5.74, 6) is -1.32. The minimum atomic E-state index is -1.34. The van der Waals surface area contributed by atoms with Crippen LogP contribution in [0.1, 0.15) is 59.9 Å². The van der Waals surface area contributed by atoms with E-state index in [2.05, 4.69) is 25.5 Å². The van der Waals surface area contributed by atoms with Crippen molar-refractivity contribution < 1.29 is 18.4 Å². The molecular weight excluding hydrogens is 488 g/mol. The van der Waals surface area contributed by atoms with Gasteiger partial charge in [0.2, 0.25) is 0 Å². The molecule has 0 radical (unpaired) electrons. The highest BCUT2D eigenvalue weighted by molar-refractivity contribution is 5.98. The largest absolute Gasteiger partial charge is 0.345 e. The van der Waals surface area contributed by atoms with E-state index >= 15 is 8.78 Å². The van der Waals surface area contributed by atoms with E-state index in [1.54, 1.807) is 48.9 Å². The first-order valence-corrected chi connectivity index (χ1v) is 12.6. The highest BCUT2D eigenvalue weighted by atomic mass is 19.1. The number of benzene rings is 1. The molecule has 4 aromatic rings. The number of carbonyl (C=O) groups is 2. The van der Waals surface area contributed by atoms with E-state index in [0.717, 1.165) is 17.2 Å². The van der Waals surface area contributed by atoms with Gasteiger partial charge in [-0.1, -0.05) is 19.9 Å². The quantitative estimate of drug-likeness (QED) is 0.342. The van der Waals surface area contributed by atoms with Crippen LogP contribution in [0.3, 0.4) is 0 Å². The Bertz CT molecular complexity index is 1490. The summed E-state index contributed by atoms with van der Waals surface area (Å²) < 4.78 is 30.4. The molecule has 0 fully saturated rings. The smallest absolute Gasteiger partial charge is 0.251 e. The summed E-state index contributed by atoms with van der Waals surface area (Å²) in [4.78, 5) is 33.4. The maximum absolute atomic E-state index is 15.4. The number of hydrogen-bond acceptors (Lipinski definition) is 6. The van der Waals surface area contributed by atoms with Gasteiger partial charge in [0.1, 0.15) is 23.3 Å². The van der Waals surface area contributed by atoms with E-state index in [1.807, 2.05) is 13.8 Å². The zero-order chi connectivity index (χ0) is 26.9. The van der Waals surface area contributed by atoms with Gasteiger partial charge in [-0.3, -0.25) is 9.78 Å². The van der Waals surface area contributed by atoms with E-state index in [-0.39, 0.29) is 29.8 Å². The number of fused-ring (bicyclic) bond motifs is 2. The molecule has 2 atom stereocenters. The molecule has 0 saturated heterocycles. The van der Waals surface area contributed by atoms with Gasteiger partial charge in [-0.2, -0.15) is 10.2 Å². The van der Waals surface area contributed by atoms with Crippen molar-refractivity contribution >= 4 is 23.1 Å². The Kier molecular flexibility index (Phi) is 6.93. The SMILES string of the molecule is CC(C)[C@]1(F)CCc2nc3c(F)cc(C(=O)N[C@H](CC=O)c4ccc(-c5ccnnc5)nc4)cc3cc2C1. The standard InChI is InChI=1S/C29H27F2N5O2/c1-17(2)29(31)8-5-25-22(14-29)12-20-11-21(13-23(30)27(20)35-25)28(38)36-26(7-10-37)18-3-4-24(32-15-18)19-6-9-33-34-16-19/h3-4,6,9-13,15-17,26H,5,7-8,14H2,1-2H3,(H,36,38)/t26-,29+/m1/s1. The van der Waals surface area contributed by atoms with Crippen molar-refractivity contribution in [1.29, 1.82) is 0 Å². The first kappa shape index (κ1) is 25.5. The number of aldehydes is 1. The van der Waals surface area contributed by atoms with Crippen molar-refractivity contribution in [2.75, 3.05) is 0 Å². The zero-order valence-corrected chi connectivity index (χ0v) is 21.1. The van der Waals surface area contributed by atoms with Gasteiger partial charge in [0, 0.05) is 41.2 Å². The molecule has 0 spiro atoms. The first-order chi connectivity index (χ1) is 18.3. The highest BCUT2D eigenvalue weighted by Crippen LogP contribution is 2.38. The van der Waals surface area contributed by atoms with Gasteiger partial charge >= 0.3 is 0 Å². The zero-order valence-electron chi connectivity index (χ0n) is 21.1. The van der Waals surface area contributed by atoms with Crippen molar-refractivity contribution in [1.82, 2.24) is 25.5 Å². The number of nitrogens with zero attached hydrogens (tertiary/aromatic N) is 4. The highest BCUT2D eigenvalue weighted by Gasteiger charge is 2.38. The Morgan fingerprint density at radius 3 is 2.68 bits per heavy atom. The number of pyridine rings is 2. The average Bonchev–Trinajstić information content (AvgIpc) is 2.92. The van der Waals surface area contributed by atoms with Gasteiger partial charge in [0.15, 0.2) is 0 Å². The summed E-state index contributed by atoms with van der Waals surface area (Å²) >= 11 is 0. The van der Waals surface area contributed by atoms with Gasteiger partial charge in [0.25, 0.3) is 5.91 Å². The second kappa shape index (κ2) is 10.3. The van der Waals surface area contributed by atoms with Crippen LogP contribution in [0.25, 0.3) is 22.2 Å². The topological polar surface area (TPSA) is 97.7 Å². The number of alkyl halides is 1. The van der Waals surface area contributed by atoms with Crippen LogP contribution in [-0.4, -0.2) is 38.0 Å². The fourth-order valence-corrected chi connectivity index (χ4v) is 4.89. The van der Waals surface area contributed by atoms with Crippen molar-refractivity contribution in [2.24, 2.45) is 5.92 Å². The molecule has 3 heterocycles.